The van der Waals surface area contributed by atoms with Crippen molar-refractivity contribution in [2.45, 2.75) is 0 Å². The van der Waals surface area contributed by atoms with Crippen LogP contribution in [0.5, 0.6) is 0 Å². The molecule has 110 valence electrons. The molecule has 3 heteroatoms. The van der Waals surface area contributed by atoms with Gasteiger partial charge in [0, 0.05) is 20.6 Å². The van der Waals surface area contributed by atoms with Crippen molar-refractivity contribution in [1.29, 1.82) is 0 Å². The van der Waals surface area contributed by atoms with Gasteiger partial charge in [0.25, 0.3) is 0 Å². The third kappa shape index (κ3) is 1.73. The van der Waals surface area contributed by atoms with Crippen molar-refractivity contribution in [3.05, 3.63) is 70.2 Å². The van der Waals surface area contributed by atoms with Crippen LogP contribution in [0.2, 0.25) is 5.02 Å². The number of fused-ring (bicyclic) bond motifs is 8. The van der Waals surface area contributed by atoms with Crippen molar-refractivity contribution in [1.82, 2.24) is 0 Å². The fraction of sp³-hybridized carbons (Fsp3) is 0. The van der Waals surface area contributed by atoms with E-state index in [1.807, 2.05) is 18.2 Å². The largest absolute Gasteiger partial charge is 0.454 e. The standard InChI is InChI=1S/C20H10BrClO/c21-15-9-10-16(22)20-18(15)17-13-7-3-1-5-11(13)12-6-2-4-8-14(12)19(17)23-20/h1-10H. The van der Waals surface area contributed by atoms with Gasteiger partial charge in [0.05, 0.1) is 5.02 Å². The van der Waals surface area contributed by atoms with Crippen LogP contribution < -0.4 is 0 Å². The first-order valence-corrected chi connectivity index (χ1v) is 8.52. The molecule has 1 nitrogen and oxygen atoms in total. The lowest BCUT2D eigenvalue weighted by molar-refractivity contribution is 0.673. The maximum absolute atomic E-state index is 6.39. The van der Waals surface area contributed by atoms with E-state index in [1.165, 1.54) is 16.2 Å². The zero-order chi connectivity index (χ0) is 15.6. The molecule has 0 radical (unpaired) electrons. The second kappa shape index (κ2) is 4.73. The zero-order valence-electron chi connectivity index (χ0n) is 11.9. The van der Waals surface area contributed by atoms with Crippen LogP contribution in [0.1, 0.15) is 0 Å². The Balaban J connectivity index is 2.25. The van der Waals surface area contributed by atoms with E-state index in [9.17, 15) is 0 Å². The molecule has 0 aliphatic rings. The first-order valence-electron chi connectivity index (χ1n) is 7.35. The summed E-state index contributed by atoms with van der Waals surface area (Å²) in [5, 5.41) is 7.50. The zero-order valence-corrected chi connectivity index (χ0v) is 14.3. The molecule has 0 atom stereocenters. The van der Waals surface area contributed by atoms with Crippen LogP contribution in [-0.2, 0) is 0 Å². The lowest BCUT2D eigenvalue weighted by atomic mass is 9.97. The molecule has 0 saturated heterocycles. The van der Waals surface area contributed by atoms with Crippen molar-refractivity contribution >= 4 is 71.0 Å². The number of hydrogen-bond donors (Lipinski definition) is 0. The minimum atomic E-state index is 0.632. The molecule has 4 aromatic carbocycles. The molecule has 0 fully saturated rings. The highest BCUT2D eigenvalue weighted by Gasteiger charge is 2.18. The fourth-order valence-corrected chi connectivity index (χ4v) is 4.14. The minimum Gasteiger partial charge on any atom is -0.454 e. The molecule has 0 amide bonds. The number of halogens is 2. The summed E-state index contributed by atoms with van der Waals surface area (Å²) in [5.74, 6) is 0. The number of rotatable bonds is 0. The smallest absolute Gasteiger partial charge is 0.155 e. The van der Waals surface area contributed by atoms with Gasteiger partial charge in [-0.25, -0.2) is 0 Å². The van der Waals surface area contributed by atoms with Crippen LogP contribution in [0.3, 0.4) is 0 Å². The molecule has 0 unspecified atom stereocenters. The highest BCUT2D eigenvalue weighted by molar-refractivity contribution is 9.10. The Labute approximate surface area is 145 Å². The van der Waals surface area contributed by atoms with Crippen molar-refractivity contribution in [2.24, 2.45) is 0 Å². The molecule has 0 bridgehead atoms. The maximum atomic E-state index is 6.39. The predicted molar refractivity (Wildman–Crippen MR) is 101 cm³/mol. The van der Waals surface area contributed by atoms with E-state index < -0.39 is 0 Å². The van der Waals surface area contributed by atoms with Gasteiger partial charge in [-0.3, -0.25) is 0 Å². The van der Waals surface area contributed by atoms with Crippen molar-refractivity contribution in [3.63, 3.8) is 0 Å². The molecular weight excluding hydrogens is 372 g/mol. The van der Waals surface area contributed by atoms with Crippen molar-refractivity contribution in [2.75, 3.05) is 0 Å². The molecule has 0 aliphatic heterocycles. The highest BCUT2D eigenvalue weighted by Crippen LogP contribution is 2.44. The van der Waals surface area contributed by atoms with Crippen LogP contribution in [-0.4, -0.2) is 0 Å². The molecule has 0 N–H and O–H groups in total. The summed E-state index contributed by atoms with van der Waals surface area (Å²) in [7, 11) is 0. The number of furan rings is 1. The topological polar surface area (TPSA) is 13.1 Å². The summed E-state index contributed by atoms with van der Waals surface area (Å²) in [6.45, 7) is 0. The quantitative estimate of drug-likeness (QED) is 0.256. The van der Waals surface area contributed by atoms with E-state index in [2.05, 4.69) is 58.4 Å². The Morgan fingerprint density at radius 1 is 0.652 bits per heavy atom. The van der Waals surface area contributed by atoms with Crippen molar-refractivity contribution < 1.29 is 4.42 Å². The Kier molecular flexibility index (Phi) is 2.76. The molecule has 0 spiro atoms. The third-order valence-corrected chi connectivity index (χ3v) is 5.36. The Bertz CT molecular complexity index is 1240. The van der Waals surface area contributed by atoms with E-state index in [1.54, 1.807) is 0 Å². The van der Waals surface area contributed by atoms with Crippen LogP contribution in [0.4, 0.5) is 0 Å². The van der Waals surface area contributed by atoms with Gasteiger partial charge in [0.15, 0.2) is 5.58 Å². The number of hydrogen-bond acceptors (Lipinski definition) is 1. The van der Waals surface area contributed by atoms with Gasteiger partial charge in [0.1, 0.15) is 5.58 Å². The molecule has 0 aliphatic carbocycles. The van der Waals surface area contributed by atoms with Gasteiger partial charge < -0.3 is 4.42 Å². The average molecular weight is 382 g/mol. The molecule has 1 aromatic heterocycles. The monoisotopic (exact) mass is 380 g/mol. The Morgan fingerprint density at radius 3 is 2.00 bits per heavy atom. The van der Waals surface area contributed by atoms with E-state index in [-0.39, 0.29) is 0 Å². The lowest BCUT2D eigenvalue weighted by Crippen LogP contribution is -1.80. The summed E-state index contributed by atoms with van der Waals surface area (Å²) < 4.78 is 7.22. The summed E-state index contributed by atoms with van der Waals surface area (Å²) >= 11 is 10.1. The normalized spacial score (nSPS) is 11.9. The van der Waals surface area contributed by atoms with E-state index in [4.69, 9.17) is 16.0 Å². The second-order valence-electron chi connectivity index (χ2n) is 5.63. The first kappa shape index (κ1) is 13.4. The lowest BCUT2D eigenvalue weighted by Gasteiger charge is -2.06. The van der Waals surface area contributed by atoms with Crippen molar-refractivity contribution in [3.8, 4) is 0 Å². The molecular formula is C20H10BrClO. The average Bonchev–Trinajstić information content (AvgIpc) is 3.01. The third-order valence-electron chi connectivity index (χ3n) is 4.40. The van der Waals surface area contributed by atoms with Gasteiger partial charge in [-0.05, 0) is 28.3 Å². The van der Waals surface area contributed by atoms with Crippen LogP contribution >= 0.6 is 27.5 Å². The second-order valence-corrected chi connectivity index (χ2v) is 6.89. The first-order chi connectivity index (χ1) is 11.3. The number of benzene rings is 4. The summed E-state index contributed by atoms with van der Waals surface area (Å²) in [4.78, 5) is 0. The molecule has 0 saturated carbocycles. The van der Waals surface area contributed by atoms with Gasteiger partial charge in [-0.2, -0.15) is 0 Å². The fourth-order valence-electron chi connectivity index (χ4n) is 3.43. The summed E-state index contributed by atoms with van der Waals surface area (Å²) in [6.07, 6.45) is 0. The van der Waals surface area contributed by atoms with Gasteiger partial charge in [-0.15, -0.1) is 0 Å². The SMILES string of the molecule is Clc1ccc(Br)c2c1oc1c3ccccc3c3ccccc3c12. The van der Waals surface area contributed by atoms with Crippen LogP contribution in [0.25, 0.3) is 43.5 Å². The van der Waals surface area contributed by atoms with Crippen LogP contribution in [0, 0.1) is 0 Å². The highest BCUT2D eigenvalue weighted by atomic mass is 79.9. The minimum absolute atomic E-state index is 0.632. The van der Waals surface area contributed by atoms with E-state index in [0.29, 0.717) is 5.02 Å². The van der Waals surface area contributed by atoms with E-state index >= 15 is 0 Å². The molecule has 5 aromatic rings. The Morgan fingerprint density at radius 2 is 1.26 bits per heavy atom. The summed E-state index contributed by atoms with van der Waals surface area (Å²) in [5.41, 5.74) is 1.63. The maximum Gasteiger partial charge on any atom is 0.155 e. The van der Waals surface area contributed by atoms with Gasteiger partial charge in [-0.1, -0.05) is 76.1 Å². The van der Waals surface area contributed by atoms with E-state index in [0.717, 1.165) is 31.8 Å². The van der Waals surface area contributed by atoms with Gasteiger partial charge in [0.2, 0.25) is 0 Å². The Hall–Kier alpha value is -2.03. The molecule has 1 heterocycles. The summed E-state index contributed by atoms with van der Waals surface area (Å²) in [6, 6.07) is 20.6. The predicted octanol–water partition coefficient (Wildman–Crippen LogP) is 7.31. The van der Waals surface area contributed by atoms with Gasteiger partial charge >= 0.3 is 0 Å². The van der Waals surface area contributed by atoms with Crippen LogP contribution in [0.15, 0.2) is 69.6 Å². The molecule has 23 heavy (non-hydrogen) atoms. The molecule has 5 rings (SSSR count).